The number of methoxy groups -OCH3 is 1. The van der Waals surface area contributed by atoms with Crippen molar-refractivity contribution < 1.29 is 14.2 Å². The Kier molecular flexibility index (Phi) is 8.78. The van der Waals surface area contributed by atoms with Crippen molar-refractivity contribution in [3.63, 3.8) is 0 Å². The fraction of sp³-hybridized carbons (Fsp3) is 0.478. The van der Waals surface area contributed by atoms with Crippen molar-refractivity contribution in [1.29, 1.82) is 0 Å². The quantitative estimate of drug-likeness (QED) is 0.387. The van der Waals surface area contributed by atoms with Gasteiger partial charge in [-0.1, -0.05) is 39.8 Å². The van der Waals surface area contributed by atoms with E-state index in [0.717, 1.165) is 39.5 Å². The average molecular weight is 425 g/mol. The van der Waals surface area contributed by atoms with Crippen molar-refractivity contribution in [2.45, 2.75) is 39.5 Å². The van der Waals surface area contributed by atoms with Gasteiger partial charge >= 0.3 is 0 Å². The molecule has 0 N–H and O–H groups in total. The smallest absolute Gasteiger partial charge is 0.161 e. The Morgan fingerprint density at radius 3 is 1.86 bits per heavy atom. The van der Waals surface area contributed by atoms with E-state index >= 15 is 0 Å². The number of hydrogen-bond donors (Lipinski definition) is 0. The highest BCUT2D eigenvalue weighted by Gasteiger charge is 2.16. The lowest BCUT2D eigenvalue weighted by atomic mass is 9.96. The molecule has 5 heteroatoms. The average Bonchev–Trinajstić information content (AvgIpc) is 2.69. The molecule has 0 atom stereocenters. The summed E-state index contributed by atoms with van der Waals surface area (Å²) in [4.78, 5) is 0. The van der Waals surface area contributed by atoms with E-state index in [4.69, 9.17) is 37.4 Å². The summed E-state index contributed by atoms with van der Waals surface area (Å²) in [5.41, 5.74) is 3.93. The van der Waals surface area contributed by atoms with Crippen molar-refractivity contribution in [2.75, 3.05) is 20.3 Å². The molecule has 2 aromatic carbocycles. The molecule has 0 aliphatic carbocycles. The van der Waals surface area contributed by atoms with E-state index in [1.165, 1.54) is 0 Å². The molecule has 3 nitrogen and oxygen atoms in total. The van der Waals surface area contributed by atoms with E-state index in [9.17, 15) is 0 Å². The van der Waals surface area contributed by atoms with Crippen LogP contribution in [0, 0.1) is 11.8 Å². The van der Waals surface area contributed by atoms with Crippen LogP contribution >= 0.6 is 23.2 Å². The molecule has 2 rings (SSSR count). The zero-order valence-electron chi connectivity index (χ0n) is 17.4. The molecule has 0 amide bonds. The number of benzene rings is 2. The van der Waals surface area contributed by atoms with Crippen LogP contribution in [0.2, 0.25) is 0 Å². The summed E-state index contributed by atoms with van der Waals surface area (Å²) in [5.74, 6) is 3.81. The minimum Gasteiger partial charge on any atom is -0.496 e. The molecule has 0 aliphatic rings. The van der Waals surface area contributed by atoms with Crippen LogP contribution in [-0.4, -0.2) is 20.3 Å². The molecule has 0 spiro atoms. The minimum atomic E-state index is 0.339. The first-order valence-corrected chi connectivity index (χ1v) is 10.7. The van der Waals surface area contributed by atoms with Gasteiger partial charge in [0.1, 0.15) is 5.75 Å². The Labute approximate surface area is 178 Å². The molecular weight excluding hydrogens is 395 g/mol. The van der Waals surface area contributed by atoms with Crippen LogP contribution in [0.4, 0.5) is 0 Å². The zero-order chi connectivity index (χ0) is 20.7. The number of ether oxygens (including phenoxy) is 3. The molecular formula is C23H30Cl2O3. The van der Waals surface area contributed by atoms with Gasteiger partial charge in [-0.2, -0.15) is 0 Å². The lowest BCUT2D eigenvalue weighted by molar-refractivity contribution is 0.229. The minimum absolute atomic E-state index is 0.339. The fourth-order valence-electron chi connectivity index (χ4n) is 2.85. The highest BCUT2D eigenvalue weighted by molar-refractivity contribution is 6.19. The van der Waals surface area contributed by atoms with Crippen molar-refractivity contribution in [2.24, 2.45) is 11.8 Å². The second-order valence-corrected chi connectivity index (χ2v) is 8.15. The summed E-state index contributed by atoms with van der Waals surface area (Å²) in [5, 5.41) is 0. The van der Waals surface area contributed by atoms with Gasteiger partial charge in [-0.05, 0) is 46.7 Å². The molecule has 0 fully saturated rings. The number of alkyl halides is 2. The predicted molar refractivity (Wildman–Crippen MR) is 118 cm³/mol. The molecule has 0 heterocycles. The van der Waals surface area contributed by atoms with Crippen LogP contribution in [0.1, 0.15) is 38.8 Å². The van der Waals surface area contributed by atoms with Gasteiger partial charge in [0.15, 0.2) is 11.5 Å². The van der Waals surface area contributed by atoms with Crippen LogP contribution in [0.5, 0.6) is 17.2 Å². The number of rotatable bonds is 10. The first kappa shape index (κ1) is 22.7. The van der Waals surface area contributed by atoms with Gasteiger partial charge in [-0.15, -0.1) is 23.2 Å². The third-order valence-electron chi connectivity index (χ3n) is 4.27. The standard InChI is InChI=1S/C23H30Cl2O3/c1-15(2)13-27-22-8-6-17(10-23(22)28-14-16(3)4)18-7-9-21(26-5)20(12-25)19(18)11-24/h6-10,15-16H,11-14H2,1-5H3. The molecule has 0 unspecified atom stereocenters. The molecule has 0 radical (unpaired) electrons. The third kappa shape index (κ3) is 5.71. The Hall–Kier alpha value is -1.58. The summed E-state index contributed by atoms with van der Waals surface area (Å²) in [6, 6.07) is 9.97. The van der Waals surface area contributed by atoms with Crippen LogP contribution in [0.25, 0.3) is 11.1 Å². The van der Waals surface area contributed by atoms with Gasteiger partial charge in [-0.3, -0.25) is 0 Å². The van der Waals surface area contributed by atoms with E-state index in [-0.39, 0.29) is 0 Å². The molecule has 154 valence electrons. The maximum Gasteiger partial charge on any atom is 0.161 e. The van der Waals surface area contributed by atoms with Crippen molar-refractivity contribution in [3.8, 4) is 28.4 Å². The van der Waals surface area contributed by atoms with Crippen LogP contribution < -0.4 is 14.2 Å². The summed E-state index contributed by atoms with van der Waals surface area (Å²) in [7, 11) is 1.64. The maximum atomic E-state index is 6.28. The van der Waals surface area contributed by atoms with E-state index in [2.05, 4.69) is 27.7 Å². The highest BCUT2D eigenvalue weighted by atomic mass is 35.5. The SMILES string of the molecule is COc1ccc(-c2ccc(OCC(C)C)c(OCC(C)C)c2)c(CCl)c1CCl. The summed E-state index contributed by atoms with van der Waals surface area (Å²) in [6.45, 7) is 9.77. The van der Waals surface area contributed by atoms with Crippen LogP contribution in [0.15, 0.2) is 30.3 Å². The predicted octanol–water partition coefficient (Wildman–Crippen LogP) is 6.91. The largest absolute Gasteiger partial charge is 0.496 e. The molecule has 28 heavy (non-hydrogen) atoms. The normalized spacial score (nSPS) is 11.2. The fourth-order valence-corrected chi connectivity index (χ4v) is 3.45. The van der Waals surface area contributed by atoms with Crippen molar-refractivity contribution in [1.82, 2.24) is 0 Å². The zero-order valence-corrected chi connectivity index (χ0v) is 18.9. The van der Waals surface area contributed by atoms with E-state index in [1.807, 2.05) is 30.3 Å². The Bertz CT molecular complexity index is 773. The molecule has 0 saturated heterocycles. The molecule has 0 aliphatic heterocycles. The second kappa shape index (κ2) is 10.8. The van der Waals surface area contributed by atoms with Crippen molar-refractivity contribution >= 4 is 23.2 Å². The van der Waals surface area contributed by atoms with Gasteiger partial charge in [0.25, 0.3) is 0 Å². The molecule has 0 saturated carbocycles. The summed E-state index contributed by atoms with van der Waals surface area (Å²) in [6.07, 6.45) is 0. The van der Waals surface area contributed by atoms with E-state index in [0.29, 0.717) is 36.8 Å². The van der Waals surface area contributed by atoms with Gasteiger partial charge in [0.05, 0.1) is 26.2 Å². The first-order chi connectivity index (χ1) is 13.4. The van der Waals surface area contributed by atoms with Crippen molar-refractivity contribution in [3.05, 3.63) is 41.5 Å². The first-order valence-electron chi connectivity index (χ1n) is 9.61. The monoisotopic (exact) mass is 424 g/mol. The van der Waals surface area contributed by atoms with Gasteiger partial charge in [0.2, 0.25) is 0 Å². The number of halogens is 2. The van der Waals surface area contributed by atoms with E-state index < -0.39 is 0 Å². The number of hydrogen-bond acceptors (Lipinski definition) is 3. The maximum absolute atomic E-state index is 6.28. The third-order valence-corrected chi connectivity index (χ3v) is 4.81. The second-order valence-electron chi connectivity index (χ2n) is 7.61. The molecule has 0 bridgehead atoms. The lowest BCUT2D eigenvalue weighted by Crippen LogP contribution is -2.09. The van der Waals surface area contributed by atoms with Crippen LogP contribution in [0.3, 0.4) is 0 Å². The molecule has 2 aromatic rings. The topological polar surface area (TPSA) is 27.7 Å². The highest BCUT2D eigenvalue weighted by Crippen LogP contribution is 2.38. The summed E-state index contributed by atoms with van der Waals surface area (Å²) < 4.78 is 17.5. The lowest BCUT2D eigenvalue weighted by Gasteiger charge is -2.19. The Morgan fingerprint density at radius 1 is 0.750 bits per heavy atom. The summed E-state index contributed by atoms with van der Waals surface area (Å²) >= 11 is 12.5. The van der Waals surface area contributed by atoms with Gasteiger partial charge in [-0.25, -0.2) is 0 Å². The van der Waals surface area contributed by atoms with Gasteiger partial charge in [0, 0.05) is 11.4 Å². The van der Waals surface area contributed by atoms with Gasteiger partial charge < -0.3 is 14.2 Å². The Balaban J connectivity index is 2.49. The van der Waals surface area contributed by atoms with E-state index in [1.54, 1.807) is 7.11 Å². The Morgan fingerprint density at radius 2 is 1.32 bits per heavy atom. The van der Waals surface area contributed by atoms with Crippen LogP contribution in [-0.2, 0) is 11.8 Å². The molecule has 0 aromatic heterocycles.